The fourth-order valence-electron chi connectivity index (χ4n) is 2.41. The maximum absolute atomic E-state index is 12.5. The van der Waals surface area contributed by atoms with E-state index in [-0.39, 0.29) is 17.8 Å². The van der Waals surface area contributed by atoms with Crippen LogP contribution in [0.15, 0.2) is 42.5 Å². The number of nitro groups is 1. The molecule has 0 bridgehead atoms. The van der Waals surface area contributed by atoms with E-state index in [0.717, 1.165) is 0 Å². The summed E-state index contributed by atoms with van der Waals surface area (Å²) in [6, 6.07) is 10.9. The minimum absolute atomic E-state index is 0.125. The van der Waals surface area contributed by atoms with Crippen molar-refractivity contribution in [2.45, 2.75) is 0 Å². The Morgan fingerprint density at radius 2 is 1.85 bits per heavy atom. The van der Waals surface area contributed by atoms with Crippen LogP contribution in [0.4, 0.5) is 17.1 Å². The number of likely N-dealkylation sites (N-methyl/N-ethyl adjacent to an activating group) is 1. The SMILES string of the molecule is CNc1ccc(C(=O)N(C)CC(=O)Nc2ccc(OC)cc2)cc1[N+](=O)[O-]. The number of rotatable bonds is 7. The Bertz CT molecular complexity index is 851. The van der Waals surface area contributed by atoms with Gasteiger partial charge in [-0.1, -0.05) is 0 Å². The lowest BCUT2D eigenvalue weighted by Crippen LogP contribution is -2.35. The summed E-state index contributed by atoms with van der Waals surface area (Å²) in [4.78, 5) is 36.4. The zero-order chi connectivity index (χ0) is 20.0. The Balaban J connectivity index is 2.05. The first-order chi connectivity index (χ1) is 12.8. The molecule has 2 N–H and O–H groups in total. The first kappa shape index (κ1) is 19.7. The zero-order valence-corrected chi connectivity index (χ0v) is 15.2. The number of nitrogens with one attached hydrogen (secondary N) is 2. The van der Waals surface area contributed by atoms with Gasteiger partial charge < -0.3 is 20.3 Å². The van der Waals surface area contributed by atoms with Crippen LogP contribution in [-0.2, 0) is 4.79 Å². The second kappa shape index (κ2) is 8.65. The molecule has 0 spiro atoms. The Morgan fingerprint density at radius 3 is 2.41 bits per heavy atom. The number of ether oxygens (including phenoxy) is 1. The third kappa shape index (κ3) is 4.94. The molecular formula is C18H20N4O5. The van der Waals surface area contributed by atoms with Crippen molar-refractivity contribution in [3.8, 4) is 5.75 Å². The maximum atomic E-state index is 12.5. The van der Waals surface area contributed by atoms with Crippen LogP contribution in [0.2, 0.25) is 0 Å². The molecule has 0 heterocycles. The summed E-state index contributed by atoms with van der Waals surface area (Å²) in [6.45, 7) is -0.202. The predicted molar refractivity (Wildman–Crippen MR) is 101 cm³/mol. The molecule has 2 aromatic rings. The van der Waals surface area contributed by atoms with Crippen LogP contribution in [0.25, 0.3) is 0 Å². The Morgan fingerprint density at radius 1 is 1.19 bits per heavy atom. The third-order valence-electron chi connectivity index (χ3n) is 3.81. The number of benzene rings is 2. The summed E-state index contributed by atoms with van der Waals surface area (Å²) in [6.07, 6.45) is 0. The lowest BCUT2D eigenvalue weighted by molar-refractivity contribution is -0.384. The van der Waals surface area contributed by atoms with E-state index in [1.54, 1.807) is 38.4 Å². The first-order valence-electron chi connectivity index (χ1n) is 8.01. The molecule has 0 unspecified atom stereocenters. The minimum Gasteiger partial charge on any atom is -0.497 e. The maximum Gasteiger partial charge on any atom is 0.293 e. The highest BCUT2D eigenvalue weighted by Crippen LogP contribution is 2.25. The number of carbonyl (C=O) groups excluding carboxylic acids is 2. The summed E-state index contributed by atoms with van der Waals surface area (Å²) >= 11 is 0. The van der Waals surface area contributed by atoms with E-state index in [9.17, 15) is 19.7 Å². The van der Waals surface area contributed by atoms with Gasteiger partial charge in [0.2, 0.25) is 5.91 Å². The average molecular weight is 372 g/mol. The number of amides is 2. The molecule has 0 aliphatic carbocycles. The van der Waals surface area contributed by atoms with E-state index < -0.39 is 16.7 Å². The van der Waals surface area contributed by atoms with Gasteiger partial charge in [-0.25, -0.2) is 0 Å². The van der Waals surface area contributed by atoms with Crippen molar-refractivity contribution >= 4 is 28.9 Å². The van der Waals surface area contributed by atoms with Crippen molar-refractivity contribution in [2.24, 2.45) is 0 Å². The number of hydrogen-bond acceptors (Lipinski definition) is 6. The fourth-order valence-corrected chi connectivity index (χ4v) is 2.41. The van der Waals surface area contributed by atoms with Crippen LogP contribution < -0.4 is 15.4 Å². The Hall–Kier alpha value is -3.62. The molecule has 27 heavy (non-hydrogen) atoms. The summed E-state index contributed by atoms with van der Waals surface area (Å²) < 4.78 is 5.04. The van der Waals surface area contributed by atoms with E-state index >= 15 is 0 Å². The predicted octanol–water partition coefficient (Wildman–Crippen LogP) is 2.36. The molecule has 2 rings (SSSR count). The van der Waals surface area contributed by atoms with Crippen molar-refractivity contribution < 1.29 is 19.2 Å². The summed E-state index contributed by atoms with van der Waals surface area (Å²) in [7, 11) is 4.55. The lowest BCUT2D eigenvalue weighted by Gasteiger charge is -2.17. The quantitative estimate of drug-likeness (QED) is 0.570. The van der Waals surface area contributed by atoms with Crippen LogP contribution in [-0.4, -0.2) is 49.4 Å². The molecule has 0 aliphatic rings. The van der Waals surface area contributed by atoms with E-state index in [2.05, 4.69) is 10.6 Å². The lowest BCUT2D eigenvalue weighted by atomic mass is 10.1. The highest BCUT2D eigenvalue weighted by atomic mass is 16.6. The van der Waals surface area contributed by atoms with Gasteiger partial charge in [0.1, 0.15) is 11.4 Å². The van der Waals surface area contributed by atoms with E-state index in [1.807, 2.05) is 0 Å². The molecule has 0 atom stereocenters. The highest BCUT2D eigenvalue weighted by molar-refractivity contribution is 6.00. The van der Waals surface area contributed by atoms with Gasteiger partial charge in [0.15, 0.2) is 0 Å². The van der Waals surface area contributed by atoms with E-state index in [4.69, 9.17) is 4.74 Å². The molecule has 9 heteroatoms. The van der Waals surface area contributed by atoms with Gasteiger partial charge in [-0.15, -0.1) is 0 Å². The monoisotopic (exact) mass is 372 g/mol. The number of hydrogen-bond donors (Lipinski definition) is 2. The molecule has 2 amide bonds. The number of carbonyl (C=O) groups is 2. The standard InChI is InChI=1S/C18H20N4O5/c1-19-15-9-4-12(10-16(15)22(25)26)18(24)21(2)11-17(23)20-13-5-7-14(27-3)8-6-13/h4-10,19H,11H2,1-3H3,(H,20,23). The molecule has 9 nitrogen and oxygen atoms in total. The van der Waals surface area contributed by atoms with Crippen LogP contribution in [0, 0.1) is 10.1 Å². The smallest absolute Gasteiger partial charge is 0.293 e. The normalized spacial score (nSPS) is 10.0. The topological polar surface area (TPSA) is 114 Å². The van der Waals surface area contributed by atoms with Crippen LogP contribution >= 0.6 is 0 Å². The highest BCUT2D eigenvalue weighted by Gasteiger charge is 2.20. The number of methoxy groups -OCH3 is 1. The largest absolute Gasteiger partial charge is 0.497 e. The van der Waals surface area contributed by atoms with Gasteiger partial charge in [0.05, 0.1) is 18.6 Å². The van der Waals surface area contributed by atoms with Gasteiger partial charge in [-0.05, 0) is 36.4 Å². The first-order valence-corrected chi connectivity index (χ1v) is 8.01. The summed E-state index contributed by atoms with van der Waals surface area (Å²) in [5.41, 5.74) is 0.784. The molecule has 0 aliphatic heterocycles. The molecule has 142 valence electrons. The molecule has 2 aromatic carbocycles. The number of anilines is 2. The van der Waals surface area contributed by atoms with Crippen LogP contribution in [0.1, 0.15) is 10.4 Å². The van der Waals surface area contributed by atoms with Crippen LogP contribution in [0.5, 0.6) is 5.75 Å². The molecule has 0 fully saturated rings. The van der Waals surface area contributed by atoms with Crippen molar-refractivity contribution in [3.05, 3.63) is 58.1 Å². The molecule has 0 aromatic heterocycles. The second-order valence-corrected chi connectivity index (χ2v) is 5.68. The number of nitro benzene ring substituents is 1. The minimum atomic E-state index is -0.570. The van der Waals surface area contributed by atoms with Gasteiger partial charge in [-0.3, -0.25) is 19.7 Å². The van der Waals surface area contributed by atoms with E-state index in [0.29, 0.717) is 17.1 Å². The molecule has 0 saturated carbocycles. The Kier molecular flexibility index (Phi) is 6.32. The summed E-state index contributed by atoms with van der Waals surface area (Å²) in [5, 5.41) is 16.5. The van der Waals surface area contributed by atoms with Gasteiger partial charge >= 0.3 is 0 Å². The Labute approximate surface area is 156 Å². The van der Waals surface area contributed by atoms with Crippen molar-refractivity contribution in [1.82, 2.24) is 4.90 Å². The average Bonchev–Trinajstić information content (AvgIpc) is 2.67. The van der Waals surface area contributed by atoms with Gasteiger partial charge in [0, 0.05) is 31.4 Å². The van der Waals surface area contributed by atoms with Crippen molar-refractivity contribution in [3.63, 3.8) is 0 Å². The molecule has 0 saturated heterocycles. The van der Waals surface area contributed by atoms with Crippen molar-refractivity contribution in [1.29, 1.82) is 0 Å². The third-order valence-corrected chi connectivity index (χ3v) is 3.81. The summed E-state index contributed by atoms with van der Waals surface area (Å²) in [5.74, 6) is -0.227. The number of nitrogens with zero attached hydrogens (tertiary/aromatic N) is 2. The van der Waals surface area contributed by atoms with Crippen molar-refractivity contribution in [2.75, 3.05) is 38.4 Å². The second-order valence-electron chi connectivity index (χ2n) is 5.68. The molecule has 0 radical (unpaired) electrons. The van der Waals surface area contributed by atoms with E-state index in [1.165, 1.54) is 30.1 Å². The zero-order valence-electron chi connectivity index (χ0n) is 15.2. The van der Waals surface area contributed by atoms with Gasteiger partial charge in [0.25, 0.3) is 11.6 Å². The van der Waals surface area contributed by atoms with Gasteiger partial charge in [-0.2, -0.15) is 0 Å². The van der Waals surface area contributed by atoms with Crippen LogP contribution in [0.3, 0.4) is 0 Å². The molecular weight excluding hydrogens is 352 g/mol. The fraction of sp³-hybridized carbons (Fsp3) is 0.222.